The zero-order valence-electron chi connectivity index (χ0n) is 13.5. The summed E-state index contributed by atoms with van der Waals surface area (Å²) in [6.45, 7) is 12.8. The lowest BCUT2D eigenvalue weighted by Crippen LogP contribution is -2.50. The summed E-state index contributed by atoms with van der Waals surface area (Å²) in [7, 11) is 2.22. The van der Waals surface area contributed by atoms with E-state index >= 15 is 0 Å². The summed E-state index contributed by atoms with van der Waals surface area (Å²) in [5.41, 5.74) is 0. The van der Waals surface area contributed by atoms with Gasteiger partial charge in [0.2, 0.25) is 0 Å². The Morgan fingerprint density at radius 3 is 2.10 bits per heavy atom. The van der Waals surface area contributed by atoms with Crippen molar-refractivity contribution in [1.82, 2.24) is 14.7 Å². The van der Waals surface area contributed by atoms with Crippen LogP contribution in [0.5, 0.6) is 0 Å². The Labute approximate surface area is 124 Å². The lowest BCUT2D eigenvalue weighted by Gasteiger charge is -2.38. The van der Waals surface area contributed by atoms with Gasteiger partial charge in [-0.05, 0) is 38.9 Å². The van der Waals surface area contributed by atoms with Gasteiger partial charge in [0.1, 0.15) is 5.78 Å². The Hall–Kier alpha value is -0.450. The minimum Gasteiger partial charge on any atom is -0.306 e. The van der Waals surface area contributed by atoms with E-state index in [1.807, 2.05) is 13.8 Å². The van der Waals surface area contributed by atoms with E-state index in [0.717, 1.165) is 32.1 Å². The number of piperazine rings is 1. The maximum absolute atomic E-state index is 11.8. The van der Waals surface area contributed by atoms with Crippen molar-refractivity contribution in [2.45, 2.75) is 26.7 Å². The second-order valence-electron chi connectivity index (χ2n) is 6.94. The third-order valence-electron chi connectivity index (χ3n) is 4.84. The SMILES string of the molecule is CC(C)C(=O)CN1CCN(CC2CCN(C)CC2)CC1. The third-order valence-corrected chi connectivity index (χ3v) is 4.84. The monoisotopic (exact) mass is 281 g/mol. The second-order valence-corrected chi connectivity index (χ2v) is 6.94. The zero-order chi connectivity index (χ0) is 14.5. The largest absolute Gasteiger partial charge is 0.306 e. The third kappa shape index (κ3) is 4.83. The maximum atomic E-state index is 11.8. The van der Waals surface area contributed by atoms with E-state index in [-0.39, 0.29) is 5.92 Å². The molecule has 0 aromatic carbocycles. The van der Waals surface area contributed by atoms with Gasteiger partial charge in [-0.25, -0.2) is 0 Å². The van der Waals surface area contributed by atoms with Crippen LogP contribution in [-0.4, -0.2) is 79.9 Å². The molecule has 0 bridgehead atoms. The van der Waals surface area contributed by atoms with Crippen LogP contribution < -0.4 is 0 Å². The molecule has 0 unspecified atom stereocenters. The quantitative estimate of drug-likeness (QED) is 0.756. The molecule has 2 fully saturated rings. The molecule has 2 aliphatic heterocycles. The van der Waals surface area contributed by atoms with Crippen molar-refractivity contribution in [2.75, 3.05) is 59.4 Å². The highest BCUT2D eigenvalue weighted by molar-refractivity contribution is 5.82. The summed E-state index contributed by atoms with van der Waals surface area (Å²) >= 11 is 0. The van der Waals surface area contributed by atoms with Crippen LogP contribution in [0.2, 0.25) is 0 Å². The minimum atomic E-state index is 0.173. The van der Waals surface area contributed by atoms with Crippen molar-refractivity contribution in [1.29, 1.82) is 0 Å². The summed E-state index contributed by atoms with van der Waals surface area (Å²) in [6, 6.07) is 0. The summed E-state index contributed by atoms with van der Waals surface area (Å²) in [5.74, 6) is 1.44. The summed E-state index contributed by atoms with van der Waals surface area (Å²) < 4.78 is 0. The van der Waals surface area contributed by atoms with Crippen LogP contribution in [0, 0.1) is 11.8 Å². The number of hydrogen-bond donors (Lipinski definition) is 0. The van der Waals surface area contributed by atoms with Gasteiger partial charge >= 0.3 is 0 Å². The van der Waals surface area contributed by atoms with Crippen molar-refractivity contribution < 1.29 is 4.79 Å². The smallest absolute Gasteiger partial charge is 0.149 e. The molecular formula is C16H31N3O. The number of carbonyl (C=O) groups excluding carboxylic acids is 1. The van der Waals surface area contributed by atoms with Crippen LogP contribution in [-0.2, 0) is 4.79 Å². The second kappa shape index (κ2) is 7.53. The first-order valence-corrected chi connectivity index (χ1v) is 8.20. The molecule has 20 heavy (non-hydrogen) atoms. The standard InChI is InChI=1S/C16H31N3O/c1-14(2)16(20)13-19-10-8-18(9-11-19)12-15-4-6-17(3)7-5-15/h14-15H,4-13H2,1-3H3. The van der Waals surface area contributed by atoms with E-state index in [4.69, 9.17) is 0 Å². The van der Waals surface area contributed by atoms with E-state index in [1.54, 1.807) is 0 Å². The molecule has 0 aliphatic carbocycles. The van der Waals surface area contributed by atoms with Crippen LogP contribution in [0.15, 0.2) is 0 Å². The molecule has 2 aliphatic rings. The Bertz CT molecular complexity index is 303. The van der Waals surface area contributed by atoms with Crippen LogP contribution in [0.1, 0.15) is 26.7 Å². The number of hydrogen-bond acceptors (Lipinski definition) is 4. The molecule has 116 valence electrons. The predicted molar refractivity (Wildman–Crippen MR) is 82.9 cm³/mol. The van der Waals surface area contributed by atoms with E-state index in [9.17, 15) is 4.79 Å². The average molecular weight is 281 g/mol. The molecule has 0 aromatic heterocycles. The van der Waals surface area contributed by atoms with Crippen molar-refractivity contribution >= 4 is 5.78 Å². The van der Waals surface area contributed by atoms with Crippen LogP contribution in [0.4, 0.5) is 0 Å². The molecule has 0 N–H and O–H groups in total. The number of rotatable bonds is 5. The molecule has 2 heterocycles. The number of carbonyl (C=O) groups is 1. The Morgan fingerprint density at radius 1 is 1.00 bits per heavy atom. The number of Topliss-reactive ketones (excluding diaryl/α,β-unsaturated/α-hetero) is 1. The van der Waals surface area contributed by atoms with Crippen molar-refractivity contribution in [3.05, 3.63) is 0 Å². The first-order valence-electron chi connectivity index (χ1n) is 8.20. The van der Waals surface area contributed by atoms with E-state index < -0.39 is 0 Å². The highest BCUT2D eigenvalue weighted by atomic mass is 16.1. The minimum absolute atomic E-state index is 0.173. The Balaban J connectivity index is 1.65. The van der Waals surface area contributed by atoms with E-state index in [0.29, 0.717) is 12.3 Å². The van der Waals surface area contributed by atoms with Crippen molar-refractivity contribution in [3.8, 4) is 0 Å². The van der Waals surface area contributed by atoms with Crippen LogP contribution in [0.3, 0.4) is 0 Å². The molecular weight excluding hydrogens is 250 g/mol. The molecule has 2 rings (SSSR count). The highest BCUT2D eigenvalue weighted by Gasteiger charge is 2.23. The van der Waals surface area contributed by atoms with Gasteiger partial charge in [0.05, 0.1) is 6.54 Å². The molecule has 0 atom stereocenters. The number of nitrogens with zero attached hydrogens (tertiary/aromatic N) is 3. The lowest BCUT2D eigenvalue weighted by molar-refractivity contribution is -0.123. The topological polar surface area (TPSA) is 26.8 Å². The summed E-state index contributed by atoms with van der Waals surface area (Å²) in [4.78, 5) is 19.1. The highest BCUT2D eigenvalue weighted by Crippen LogP contribution is 2.18. The molecule has 4 nitrogen and oxygen atoms in total. The summed E-state index contributed by atoms with van der Waals surface area (Å²) in [5, 5.41) is 0. The number of ketones is 1. The molecule has 0 aromatic rings. The van der Waals surface area contributed by atoms with Gasteiger partial charge in [-0.1, -0.05) is 13.8 Å². The fraction of sp³-hybridized carbons (Fsp3) is 0.938. The fourth-order valence-electron chi connectivity index (χ4n) is 3.14. The first kappa shape index (κ1) is 15.9. The molecule has 4 heteroatoms. The fourth-order valence-corrected chi connectivity index (χ4v) is 3.14. The number of likely N-dealkylation sites (tertiary alicyclic amines) is 1. The zero-order valence-corrected chi connectivity index (χ0v) is 13.5. The van der Waals surface area contributed by atoms with Crippen molar-refractivity contribution in [2.24, 2.45) is 11.8 Å². The molecule has 0 spiro atoms. The predicted octanol–water partition coefficient (Wildman–Crippen LogP) is 1.17. The van der Waals surface area contributed by atoms with Crippen LogP contribution >= 0.6 is 0 Å². The van der Waals surface area contributed by atoms with Gasteiger partial charge < -0.3 is 9.80 Å². The molecule has 0 radical (unpaired) electrons. The molecule has 0 saturated carbocycles. The number of piperidine rings is 1. The first-order chi connectivity index (χ1) is 9.54. The van der Waals surface area contributed by atoms with Gasteiger partial charge in [0.15, 0.2) is 0 Å². The maximum Gasteiger partial charge on any atom is 0.149 e. The van der Waals surface area contributed by atoms with Crippen LogP contribution in [0.25, 0.3) is 0 Å². The van der Waals surface area contributed by atoms with Gasteiger partial charge in [-0.3, -0.25) is 9.69 Å². The lowest BCUT2D eigenvalue weighted by atomic mass is 9.96. The normalized spacial score (nSPS) is 24.4. The summed E-state index contributed by atoms with van der Waals surface area (Å²) in [6.07, 6.45) is 2.70. The average Bonchev–Trinajstić information content (AvgIpc) is 2.43. The van der Waals surface area contributed by atoms with Gasteiger partial charge in [0, 0.05) is 38.6 Å². The molecule has 2 saturated heterocycles. The van der Waals surface area contributed by atoms with Gasteiger partial charge in [-0.2, -0.15) is 0 Å². The molecule has 0 amide bonds. The van der Waals surface area contributed by atoms with Gasteiger partial charge in [0.25, 0.3) is 0 Å². The van der Waals surface area contributed by atoms with Gasteiger partial charge in [-0.15, -0.1) is 0 Å². The Kier molecular flexibility index (Phi) is 6.00. The van der Waals surface area contributed by atoms with Crippen molar-refractivity contribution in [3.63, 3.8) is 0 Å². The van der Waals surface area contributed by atoms with E-state index in [1.165, 1.54) is 32.5 Å². The van der Waals surface area contributed by atoms with E-state index in [2.05, 4.69) is 21.7 Å². The Morgan fingerprint density at radius 2 is 1.55 bits per heavy atom.